The highest BCUT2D eigenvalue weighted by Crippen LogP contribution is 2.60. The van der Waals surface area contributed by atoms with Gasteiger partial charge in [-0.3, -0.25) is 4.99 Å². The maximum atomic E-state index is 9.07. The zero-order chi connectivity index (χ0) is 24.6. The van der Waals surface area contributed by atoms with Gasteiger partial charge in [-0.1, -0.05) is 25.3 Å². The Bertz CT molecular complexity index is 1360. The molecule has 6 heteroatoms. The van der Waals surface area contributed by atoms with Crippen LogP contribution < -0.4 is 11.1 Å². The molecule has 3 aromatic rings. The van der Waals surface area contributed by atoms with Gasteiger partial charge in [0.25, 0.3) is 0 Å². The van der Waals surface area contributed by atoms with E-state index in [-0.39, 0.29) is 0 Å². The van der Waals surface area contributed by atoms with Gasteiger partial charge in [-0.25, -0.2) is 0 Å². The number of thiophene rings is 1. The summed E-state index contributed by atoms with van der Waals surface area (Å²) < 4.78 is 3.58. The number of nitriles is 1. The van der Waals surface area contributed by atoms with Crippen molar-refractivity contribution in [3.8, 4) is 6.07 Å². The molecule has 5 nitrogen and oxygen atoms in total. The number of aromatic nitrogens is 1. The van der Waals surface area contributed by atoms with Gasteiger partial charge in [0, 0.05) is 47.2 Å². The van der Waals surface area contributed by atoms with E-state index in [0.717, 1.165) is 54.8 Å². The van der Waals surface area contributed by atoms with Crippen molar-refractivity contribution in [2.24, 2.45) is 22.1 Å². The third-order valence-electron chi connectivity index (χ3n) is 7.51. The van der Waals surface area contributed by atoms with E-state index in [0.29, 0.717) is 17.4 Å². The third kappa shape index (κ3) is 4.56. The molecular formula is C29H31N5S. The Kier molecular flexibility index (Phi) is 6.12. The Labute approximate surface area is 211 Å². The summed E-state index contributed by atoms with van der Waals surface area (Å²) in [4.78, 5) is 4.46. The summed E-state index contributed by atoms with van der Waals surface area (Å²) in [6.07, 6.45) is 10.0. The number of nitrogens with two attached hydrogens (primary N) is 1. The molecule has 1 spiro atoms. The van der Waals surface area contributed by atoms with Crippen molar-refractivity contribution in [3.63, 3.8) is 0 Å². The SMILES string of the molecule is C=C(NC1CC2(C1)CC(C(=C)C#N)C2)c1csc2ccn(Cc3ccc(N=CC(C)=CN)cc3)c12. The molecule has 0 atom stereocenters. The lowest BCUT2D eigenvalue weighted by Crippen LogP contribution is -2.54. The zero-order valence-electron chi connectivity index (χ0n) is 20.1. The minimum atomic E-state index is 0.400. The first kappa shape index (κ1) is 23.2. The second-order valence-corrected chi connectivity index (χ2v) is 11.0. The van der Waals surface area contributed by atoms with Gasteiger partial charge in [0.15, 0.2) is 0 Å². The van der Waals surface area contributed by atoms with Crippen molar-refractivity contribution in [1.29, 1.82) is 5.26 Å². The zero-order valence-corrected chi connectivity index (χ0v) is 20.9. The lowest BCUT2D eigenvalue weighted by Gasteiger charge is -2.58. The van der Waals surface area contributed by atoms with Crippen molar-refractivity contribution in [3.05, 3.63) is 83.5 Å². The standard InChI is InChI=1S/C29H31N5S/c1-19(14-30)16-32-24-6-4-22(5-7-24)17-34-9-8-27-28(34)26(18-35-27)21(3)33-25-12-29(13-25)10-23(11-29)20(2)15-31/h4-9,14,16,18,23,25,33H,2-3,10-13,17,30H2,1H3. The van der Waals surface area contributed by atoms with Gasteiger partial charge in [0.1, 0.15) is 0 Å². The molecule has 0 radical (unpaired) electrons. The van der Waals surface area contributed by atoms with Gasteiger partial charge in [0.2, 0.25) is 0 Å². The Hall–Kier alpha value is -3.56. The molecule has 0 bridgehead atoms. The molecule has 5 rings (SSSR count). The predicted molar refractivity (Wildman–Crippen MR) is 147 cm³/mol. The van der Waals surface area contributed by atoms with Crippen LogP contribution in [0.4, 0.5) is 5.69 Å². The average Bonchev–Trinajstić information content (AvgIpc) is 3.41. The summed E-state index contributed by atoms with van der Waals surface area (Å²) in [7, 11) is 0. The van der Waals surface area contributed by atoms with E-state index in [2.05, 4.69) is 63.9 Å². The summed E-state index contributed by atoms with van der Waals surface area (Å²) in [5, 5.41) is 15.0. The summed E-state index contributed by atoms with van der Waals surface area (Å²) in [5.41, 5.74) is 13.2. The topological polar surface area (TPSA) is 79.1 Å². The number of aliphatic imine (C=N–C) groups is 1. The number of nitrogens with zero attached hydrogens (tertiary/aromatic N) is 3. The number of hydrogen-bond donors (Lipinski definition) is 2. The number of hydrogen-bond acceptors (Lipinski definition) is 5. The van der Waals surface area contributed by atoms with Crippen LogP contribution in [-0.2, 0) is 6.54 Å². The van der Waals surface area contributed by atoms with Crippen molar-refractivity contribution in [1.82, 2.24) is 9.88 Å². The molecule has 0 aliphatic heterocycles. The van der Waals surface area contributed by atoms with E-state index in [9.17, 15) is 0 Å². The molecule has 2 aliphatic rings. The van der Waals surface area contributed by atoms with Gasteiger partial charge in [-0.2, -0.15) is 5.26 Å². The number of benzene rings is 1. The molecule has 2 saturated carbocycles. The van der Waals surface area contributed by atoms with Crippen LogP contribution in [0, 0.1) is 22.7 Å². The summed E-state index contributed by atoms with van der Waals surface area (Å²) >= 11 is 1.77. The highest BCUT2D eigenvalue weighted by Gasteiger charge is 2.53. The van der Waals surface area contributed by atoms with Crippen LogP contribution in [0.15, 0.2) is 77.4 Å². The van der Waals surface area contributed by atoms with E-state index >= 15 is 0 Å². The van der Waals surface area contributed by atoms with Crippen LogP contribution in [0.2, 0.25) is 0 Å². The minimum Gasteiger partial charge on any atom is -0.404 e. The molecule has 2 heterocycles. The Morgan fingerprint density at radius 2 is 2.00 bits per heavy atom. The molecule has 35 heavy (non-hydrogen) atoms. The maximum absolute atomic E-state index is 9.07. The molecule has 0 saturated heterocycles. The number of allylic oxidation sites excluding steroid dienone is 2. The third-order valence-corrected chi connectivity index (χ3v) is 8.45. The van der Waals surface area contributed by atoms with Crippen molar-refractivity contribution in [2.45, 2.75) is 45.2 Å². The van der Waals surface area contributed by atoms with Crippen LogP contribution in [-0.4, -0.2) is 16.8 Å². The first-order valence-corrected chi connectivity index (χ1v) is 12.9. The lowest BCUT2D eigenvalue weighted by atomic mass is 9.49. The minimum absolute atomic E-state index is 0.400. The highest BCUT2D eigenvalue weighted by atomic mass is 32.1. The second-order valence-electron chi connectivity index (χ2n) is 10.1. The normalized spacial score (nSPS) is 23.7. The van der Waals surface area contributed by atoms with E-state index < -0.39 is 0 Å². The molecule has 0 amide bonds. The summed E-state index contributed by atoms with van der Waals surface area (Å²) in [6, 6.07) is 13.2. The fourth-order valence-corrected chi connectivity index (χ4v) is 6.51. The van der Waals surface area contributed by atoms with Gasteiger partial charge < -0.3 is 15.6 Å². The number of fused-ring (bicyclic) bond motifs is 1. The largest absolute Gasteiger partial charge is 0.404 e. The van der Waals surface area contributed by atoms with Crippen LogP contribution in [0.5, 0.6) is 0 Å². The van der Waals surface area contributed by atoms with Crippen LogP contribution in [0.1, 0.15) is 43.7 Å². The van der Waals surface area contributed by atoms with Gasteiger partial charge in [-0.15, -0.1) is 11.3 Å². The Balaban J connectivity index is 1.23. The number of nitrogens with one attached hydrogen (secondary N) is 1. The molecule has 2 aliphatic carbocycles. The van der Waals surface area contributed by atoms with Gasteiger partial charge in [-0.05, 0) is 79.5 Å². The summed E-state index contributed by atoms with van der Waals surface area (Å²) in [6.45, 7) is 11.0. The van der Waals surface area contributed by atoms with Crippen LogP contribution in [0.3, 0.4) is 0 Å². The quantitative estimate of drug-likeness (QED) is 0.284. The van der Waals surface area contributed by atoms with E-state index in [1.54, 1.807) is 23.8 Å². The molecule has 1 aromatic carbocycles. The van der Waals surface area contributed by atoms with Crippen LogP contribution in [0.25, 0.3) is 15.9 Å². The molecule has 2 aromatic heterocycles. The average molecular weight is 482 g/mol. The lowest BCUT2D eigenvalue weighted by molar-refractivity contribution is -0.0296. The first-order chi connectivity index (χ1) is 16.9. The second kappa shape index (κ2) is 9.24. The molecule has 3 N–H and O–H groups in total. The van der Waals surface area contributed by atoms with E-state index in [1.165, 1.54) is 21.3 Å². The van der Waals surface area contributed by atoms with Crippen molar-refractivity contribution >= 4 is 39.2 Å². The summed E-state index contributed by atoms with van der Waals surface area (Å²) in [5.74, 6) is 0.400. The Morgan fingerprint density at radius 1 is 1.26 bits per heavy atom. The van der Waals surface area contributed by atoms with Gasteiger partial charge in [0.05, 0.1) is 22.0 Å². The monoisotopic (exact) mass is 481 g/mol. The highest BCUT2D eigenvalue weighted by molar-refractivity contribution is 7.17. The Morgan fingerprint density at radius 3 is 2.69 bits per heavy atom. The molecule has 0 unspecified atom stereocenters. The van der Waals surface area contributed by atoms with Crippen molar-refractivity contribution < 1.29 is 0 Å². The molecule has 178 valence electrons. The molecule has 2 fully saturated rings. The van der Waals surface area contributed by atoms with Gasteiger partial charge >= 0.3 is 0 Å². The maximum Gasteiger partial charge on any atom is 0.0943 e. The van der Waals surface area contributed by atoms with Crippen molar-refractivity contribution in [2.75, 3.05) is 0 Å². The fraction of sp³-hybridized carbons (Fsp3) is 0.310. The van der Waals surface area contributed by atoms with E-state index in [1.807, 2.05) is 19.1 Å². The molecular weight excluding hydrogens is 450 g/mol. The van der Waals surface area contributed by atoms with Crippen LogP contribution >= 0.6 is 11.3 Å². The first-order valence-electron chi connectivity index (χ1n) is 12.0. The fourth-order valence-electron chi connectivity index (χ4n) is 5.53. The number of rotatable bonds is 8. The smallest absolute Gasteiger partial charge is 0.0943 e. The van der Waals surface area contributed by atoms with E-state index in [4.69, 9.17) is 11.0 Å². The predicted octanol–water partition coefficient (Wildman–Crippen LogP) is 6.51.